The molecule has 0 heterocycles. The maximum atomic E-state index is 12.2. The molecule has 2 rings (SSSR count). The van der Waals surface area contributed by atoms with Crippen LogP contribution in [0.4, 0.5) is 5.69 Å². The lowest BCUT2D eigenvalue weighted by Crippen LogP contribution is -2.23. The second-order valence-electron chi connectivity index (χ2n) is 4.76. The molecule has 0 atom stereocenters. The van der Waals surface area contributed by atoms with E-state index in [0.717, 1.165) is 12.1 Å². The highest BCUT2D eigenvalue weighted by atomic mass is 32.2. The standard InChI is InChI=1S/C15H16N2O6S/c1-22-14-8-3-11(9-15(14)23-2)10-16-24(20,21)13-6-4-12(5-7-13)17(18)19/h3-9,16H,10H2,1-2H3. The summed E-state index contributed by atoms with van der Waals surface area (Å²) < 4.78 is 37.2. The molecule has 1 N–H and O–H groups in total. The number of hydrogen-bond acceptors (Lipinski definition) is 6. The quantitative estimate of drug-likeness (QED) is 0.604. The molecular formula is C15H16N2O6S. The lowest BCUT2D eigenvalue weighted by Gasteiger charge is -2.10. The Morgan fingerprint density at radius 2 is 1.67 bits per heavy atom. The molecule has 24 heavy (non-hydrogen) atoms. The highest BCUT2D eigenvalue weighted by molar-refractivity contribution is 7.89. The van der Waals surface area contributed by atoms with Crippen molar-refractivity contribution in [2.24, 2.45) is 0 Å². The molecule has 2 aromatic carbocycles. The number of sulfonamides is 1. The van der Waals surface area contributed by atoms with Gasteiger partial charge in [0.25, 0.3) is 5.69 Å². The Morgan fingerprint density at radius 1 is 1.04 bits per heavy atom. The number of rotatable bonds is 7. The second kappa shape index (κ2) is 7.28. The lowest BCUT2D eigenvalue weighted by molar-refractivity contribution is -0.384. The van der Waals surface area contributed by atoms with Crippen LogP contribution >= 0.6 is 0 Å². The van der Waals surface area contributed by atoms with Gasteiger partial charge in [-0.15, -0.1) is 0 Å². The number of nitro benzene ring substituents is 1. The smallest absolute Gasteiger partial charge is 0.269 e. The van der Waals surface area contributed by atoms with Gasteiger partial charge in [0.15, 0.2) is 11.5 Å². The van der Waals surface area contributed by atoms with Gasteiger partial charge in [-0.2, -0.15) is 0 Å². The molecule has 2 aromatic rings. The highest BCUT2D eigenvalue weighted by Crippen LogP contribution is 2.27. The molecule has 9 heteroatoms. The molecule has 0 unspecified atom stereocenters. The third-order valence-electron chi connectivity index (χ3n) is 3.27. The molecule has 0 aliphatic heterocycles. The number of hydrogen-bond donors (Lipinski definition) is 1. The van der Waals surface area contributed by atoms with Gasteiger partial charge in [-0.1, -0.05) is 6.07 Å². The fraction of sp³-hybridized carbons (Fsp3) is 0.200. The Labute approximate surface area is 139 Å². The predicted octanol–water partition coefficient (Wildman–Crippen LogP) is 2.09. The Hall–Kier alpha value is -2.65. The van der Waals surface area contributed by atoms with Crippen LogP contribution in [-0.4, -0.2) is 27.6 Å². The highest BCUT2D eigenvalue weighted by Gasteiger charge is 2.16. The molecule has 0 saturated heterocycles. The minimum atomic E-state index is -3.78. The molecule has 0 fully saturated rings. The Morgan fingerprint density at radius 3 is 2.21 bits per heavy atom. The van der Waals surface area contributed by atoms with Crippen LogP contribution < -0.4 is 14.2 Å². The minimum absolute atomic E-state index is 0.0413. The van der Waals surface area contributed by atoms with Crippen molar-refractivity contribution >= 4 is 15.7 Å². The van der Waals surface area contributed by atoms with Crippen molar-refractivity contribution in [3.8, 4) is 11.5 Å². The SMILES string of the molecule is COc1ccc(CNS(=O)(=O)c2ccc([N+](=O)[O-])cc2)cc1OC. The van der Waals surface area contributed by atoms with Crippen molar-refractivity contribution in [3.05, 3.63) is 58.1 Å². The van der Waals surface area contributed by atoms with Crippen LogP contribution in [0.2, 0.25) is 0 Å². The normalized spacial score (nSPS) is 11.1. The van der Waals surface area contributed by atoms with Crippen LogP contribution in [0.1, 0.15) is 5.56 Å². The van der Waals surface area contributed by atoms with E-state index in [1.165, 1.54) is 26.4 Å². The Balaban J connectivity index is 2.14. The van der Waals surface area contributed by atoms with E-state index < -0.39 is 14.9 Å². The molecule has 8 nitrogen and oxygen atoms in total. The molecule has 0 amide bonds. The summed E-state index contributed by atoms with van der Waals surface area (Å²) in [7, 11) is -0.783. The summed E-state index contributed by atoms with van der Waals surface area (Å²) in [5.41, 5.74) is 0.506. The molecule has 0 aliphatic rings. The molecule has 0 aromatic heterocycles. The zero-order valence-electron chi connectivity index (χ0n) is 13.1. The van der Waals surface area contributed by atoms with E-state index in [-0.39, 0.29) is 17.1 Å². The van der Waals surface area contributed by atoms with Crippen LogP contribution in [-0.2, 0) is 16.6 Å². The van der Waals surface area contributed by atoms with E-state index >= 15 is 0 Å². The van der Waals surface area contributed by atoms with E-state index in [4.69, 9.17) is 9.47 Å². The minimum Gasteiger partial charge on any atom is -0.493 e. The summed E-state index contributed by atoms with van der Waals surface area (Å²) in [6, 6.07) is 9.71. The van der Waals surface area contributed by atoms with Crippen LogP contribution in [0.15, 0.2) is 47.4 Å². The van der Waals surface area contributed by atoms with Crippen molar-refractivity contribution in [2.75, 3.05) is 14.2 Å². The Bertz CT molecular complexity index is 834. The van der Waals surface area contributed by atoms with Gasteiger partial charge in [-0.3, -0.25) is 10.1 Å². The summed E-state index contributed by atoms with van der Waals surface area (Å²) in [4.78, 5) is 9.97. The van der Waals surface area contributed by atoms with Gasteiger partial charge in [0, 0.05) is 18.7 Å². The predicted molar refractivity (Wildman–Crippen MR) is 86.7 cm³/mol. The summed E-state index contributed by atoms with van der Waals surface area (Å²) in [5, 5.41) is 10.6. The van der Waals surface area contributed by atoms with Crippen LogP contribution in [0.25, 0.3) is 0 Å². The lowest BCUT2D eigenvalue weighted by atomic mass is 10.2. The third kappa shape index (κ3) is 4.00. The van der Waals surface area contributed by atoms with E-state index in [9.17, 15) is 18.5 Å². The first-order valence-electron chi connectivity index (χ1n) is 6.82. The molecule has 0 radical (unpaired) electrons. The number of methoxy groups -OCH3 is 2. The van der Waals surface area contributed by atoms with E-state index in [0.29, 0.717) is 17.1 Å². The van der Waals surface area contributed by atoms with Gasteiger partial charge in [0.1, 0.15) is 0 Å². The number of nitrogens with one attached hydrogen (secondary N) is 1. The Kier molecular flexibility index (Phi) is 5.37. The number of benzene rings is 2. The maximum absolute atomic E-state index is 12.2. The van der Waals surface area contributed by atoms with Crippen molar-refractivity contribution < 1.29 is 22.8 Å². The van der Waals surface area contributed by atoms with Crippen LogP contribution in [0, 0.1) is 10.1 Å². The van der Waals surface area contributed by atoms with Gasteiger partial charge < -0.3 is 9.47 Å². The van der Waals surface area contributed by atoms with Crippen LogP contribution in [0.3, 0.4) is 0 Å². The molecule has 0 bridgehead atoms. The fourth-order valence-corrected chi connectivity index (χ4v) is 3.02. The zero-order valence-corrected chi connectivity index (χ0v) is 13.9. The molecular weight excluding hydrogens is 336 g/mol. The van der Waals surface area contributed by atoms with Gasteiger partial charge in [0.05, 0.1) is 24.0 Å². The average Bonchev–Trinajstić information content (AvgIpc) is 2.59. The number of non-ortho nitro benzene ring substituents is 1. The van der Waals surface area contributed by atoms with E-state index in [1.807, 2.05) is 0 Å². The van der Waals surface area contributed by atoms with Gasteiger partial charge >= 0.3 is 0 Å². The molecule has 128 valence electrons. The van der Waals surface area contributed by atoms with Crippen molar-refractivity contribution in [1.82, 2.24) is 4.72 Å². The van der Waals surface area contributed by atoms with Crippen molar-refractivity contribution in [3.63, 3.8) is 0 Å². The summed E-state index contributed by atoms with van der Waals surface area (Å²) in [5.74, 6) is 1.03. The first-order chi connectivity index (χ1) is 11.4. The topological polar surface area (TPSA) is 108 Å². The van der Waals surface area contributed by atoms with E-state index in [2.05, 4.69) is 4.72 Å². The largest absolute Gasteiger partial charge is 0.493 e. The van der Waals surface area contributed by atoms with Gasteiger partial charge in [-0.25, -0.2) is 13.1 Å². The molecule has 0 saturated carbocycles. The number of nitrogens with zero attached hydrogens (tertiary/aromatic N) is 1. The number of nitro groups is 1. The fourth-order valence-electron chi connectivity index (χ4n) is 2.00. The van der Waals surface area contributed by atoms with Crippen LogP contribution in [0.5, 0.6) is 11.5 Å². The van der Waals surface area contributed by atoms with Crippen molar-refractivity contribution in [1.29, 1.82) is 0 Å². The monoisotopic (exact) mass is 352 g/mol. The number of ether oxygens (including phenoxy) is 2. The summed E-state index contributed by atoms with van der Waals surface area (Å²) in [6.07, 6.45) is 0. The molecule has 0 aliphatic carbocycles. The zero-order chi connectivity index (χ0) is 17.7. The summed E-state index contributed by atoms with van der Waals surface area (Å²) in [6.45, 7) is 0.0413. The van der Waals surface area contributed by atoms with Gasteiger partial charge in [0.2, 0.25) is 10.0 Å². The average molecular weight is 352 g/mol. The molecule has 0 spiro atoms. The first-order valence-corrected chi connectivity index (χ1v) is 8.30. The first kappa shape index (κ1) is 17.7. The van der Waals surface area contributed by atoms with Crippen molar-refractivity contribution in [2.45, 2.75) is 11.4 Å². The third-order valence-corrected chi connectivity index (χ3v) is 4.69. The summed E-state index contributed by atoms with van der Waals surface area (Å²) >= 11 is 0. The van der Waals surface area contributed by atoms with E-state index in [1.54, 1.807) is 18.2 Å². The second-order valence-corrected chi connectivity index (χ2v) is 6.53. The maximum Gasteiger partial charge on any atom is 0.269 e. The van der Waals surface area contributed by atoms with Gasteiger partial charge in [-0.05, 0) is 29.8 Å².